The molecule has 0 radical (unpaired) electrons. The van der Waals surface area contributed by atoms with Crippen molar-refractivity contribution in [3.05, 3.63) is 23.3 Å². The molecule has 8 atom stereocenters. The first kappa shape index (κ1) is 28.4. The number of carboxylic acid groups (broad SMARTS) is 1. The van der Waals surface area contributed by atoms with Gasteiger partial charge in [0.2, 0.25) is 5.91 Å². The molecule has 5 rings (SSSR count). The third kappa shape index (κ3) is 4.44. The number of ketones is 1. The fourth-order valence-electron chi connectivity index (χ4n) is 7.47. The lowest BCUT2D eigenvalue weighted by molar-refractivity contribution is -0.143. The zero-order chi connectivity index (χ0) is 28.9. The van der Waals surface area contributed by atoms with E-state index in [1.165, 1.54) is 0 Å². The summed E-state index contributed by atoms with van der Waals surface area (Å²) in [6, 6.07) is 1.98. The first-order valence-corrected chi connectivity index (χ1v) is 14.6. The maximum absolute atomic E-state index is 13.2. The fourth-order valence-corrected chi connectivity index (χ4v) is 7.47. The number of Topliss-reactive ketones (excluding diaryl/α,β-unsaturated/α-hetero) is 1. The Balaban J connectivity index is 1.39. The number of carbonyl (C=O) groups excluding carboxylic acids is 3. The van der Waals surface area contributed by atoms with E-state index in [1.54, 1.807) is 13.0 Å². The lowest BCUT2D eigenvalue weighted by atomic mass is 9.52. The number of hydrogen-bond acceptors (Lipinski definition) is 7. The molecule has 2 aliphatic carbocycles. The van der Waals surface area contributed by atoms with Gasteiger partial charge in [0.05, 0.1) is 0 Å². The van der Waals surface area contributed by atoms with Crippen molar-refractivity contribution in [1.82, 2.24) is 15.5 Å². The smallest absolute Gasteiger partial charge is 0.413 e. The van der Waals surface area contributed by atoms with Crippen LogP contribution in [-0.2, 0) is 26.2 Å². The number of amides is 2. The van der Waals surface area contributed by atoms with Crippen LogP contribution in [-0.4, -0.2) is 71.6 Å². The van der Waals surface area contributed by atoms with E-state index in [4.69, 9.17) is 9.47 Å². The third-order valence-electron chi connectivity index (χ3n) is 10.1. The van der Waals surface area contributed by atoms with E-state index in [2.05, 4.69) is 22.6 Å². The molecule has 1 aromatic rings. The molecule has 6 unspecified atom stereocenters. The van der Waals surface area contributed by atoms with Gasteiger partial charge in [0.1, 0.15) is 12.1 Å². The second kappa shape index (κ2) is 10.7. The second-order valence-electron chi connectivity index (χ2n) is 12.2. The molecule has 2 bridgehead atoms. The van der Waals surface area contributed by atoms with Crippen LogP contribution in [0.2, 0.25) is 0 Å². The van der Waals surface area contributed by atoms with Crippen LogP contribution >= 0.6 is 0 Å². The molecule has 2 aliphatic heterocycles. The standard InChI is InChI=1S/C30H41N3O7/c1-6-15(3)23(27(35)31-24(28(36)37)16(4)7-2)32-29(38)39-21-11-8-17-14-19-18-9-10-20(34)26-30(18,12-13-33(19)5)22(17)25(21)40-26/h8,11,15-16,18-19,23-24,26H,6-7,9-10,12-14H2,1-5H3,(H,31,35)(H,32,38)(H,36,37)/t15?,16?,18?,19?,23-,24?,26+,30?/m1/s1. The van der Waals surface area contributed by atoms with Crippen molar-refractivity contribution in [1.29, 1.82) is 0 Å². The lowest BCUT2D eigenvalue weighted by Crippen LogP contribution is -2.65. The Hall–Kier alpha value is -3.14. The zero-order valence-corrected chi connectivity index (χ0v) is 24.0. The van der Waals surface area contributed by atoms with Crippen LogP contribution in [0.3, 0.4) is 0 Å². The van der Waals surface area contributed by atoms with Crippen molar-refractivity contribution in [3.8, 4) is 11.5 Å². The molecule has 4 aliphatic rings. The van der Waals surface area contributed by atoms with Crippen molar-refractivity contribution < 1.29 is 33.8 Å². The van der Waals surface area contributed by atoms with Crippen LogP contribution in [0.25, 0.3) is 0 Å². The molecule has 1 spiro atoms. The number of rotatable bonds is 9. The van der Waals surface area contributed by atoms with Crippen molar-refractivity contribution in [2.45, 2.75) is 95.9 Å². The van der Waals surface area contributed by atoms with Crippen LogP contribution < -0.4 is 20.1 Å². The highest BCUT2D eigenvalue weighted by atomic mass is 16.6. The fraction of sp³-hybridized carbons (Fsp3) is 0.667. The van der Waals surface area contributed by atoms with Crippen molar-refractivity contribution >= 4 is 23.8 Å². The van der Waals surface area contributed by atoms with E-state index in [-0.39, 0.29) is 23.4 Å². The number of nitrogens with one attached hydrogen (secondary N) is 2. The Morgan fingerprint density at radius 2 is 1.85 bits per heavy atom. The highest BCUT2D eigenvalue weighted by Crippen LogP contribution is 2.63. The van der Waals surface area contributed by atoms with Gasteiger partial charge in [-0.15, -0.1) is 0 Å². The molecule has 3 N–H and O–H groups in total. The predicted octanol–water partition coefficient (Wildman–Crippen LogP) is 3.04. The highest BCUT2D eigenvalue weighted by molar-refractivity contribution is 5.91. The zero-order valence-electron chi connectivity index (χ0n) is 24.0. The Bertz CT molecular complexity index is 1220. The number of likely N-dealkylation sites (tertiary alicyclic amines) is 1. The molecule has 40 heavy (non-hydrogen) atoms. The normalized spacial score (nSPS) is 29.3. The third-order valence-corrected chi connectivity index (χ3v) is 10.1. The van der Waals surface area contributed by atoms with Gasteiger partial charge in [0.25, 0.3) is 0 Å². The Kier molecular flexibility index (Phi) is 7.58. The van der Waals surface area contributed by atoms with E-state index in [0.29, 0.717) is 37.0 Å². The number of hydrogen-bond donors (Lipinski definition) is 3. The summed E-state index contributed by atoms with van der Waals surface area (Å²) in [4.78, 5) is 53.7. The molecule has 0 aromatic heterocycles. The number of likely N-dealkylation sites (N-methyl/N-ethyl adjacent to an activating group) is 1. The van der Waals surface area contributed by atoms with Gasteiger partial charge in [0.15, 0.2) is 23.4 Å². The topological polar surface area (TPSA) is 134 Å². The summed E-state index contributed by atoms with van der Waals surface area (Å²) in [6.07, 6.45) is 2.74. The van der Waals surface area contributed by atoms with Crippen LogP contribution in [0.1, 0.15) is 70.9 Å². The molecule has 1 aromatic carbocycles. The number of aliphatic carboxylic acids is 1. The molecular formula is C30H41N3O7. The number of carbonyl (C=O) groups is 4. The molecule has 1 saturated carbocycles. The molecule has 2 fully saturated rings. The van der Waals surface area contributed by atoms with Crippen LogP contribution in [0.5, 0.6) is 11.5 Å². The van der Waals surface area contributed by atoms with Gasteiger partial charge in [0, 0.05) is 23.4 Å². The molecule has 218 valence electrons. The number of piperidine rings is 1. The number of nitrogens with zero attached hydrogens (tertiary/aromatic N) is 1. The summed E-state index contributed by atoms with van der Waals surface area (Å²) < 4.78 is 12.2. The lowest BCUT2D eigenvalue weighted by Gasteiger charge is -2.57. The predicted molar refractivity (Wildman–Crippen MR) is 146 cm³/mol. The molecule has 2 heterocycles. The van der Waals surface area contributed by atoms with E-state index >= 15 is 0 Å². The minimum Gasteiger partial charge on any atom is -0.480 e. The van der Waals surface area contributed by atoms with Gasteiger partial charge >= 0.3 is 12.1 Å². The van der Waals surface area contributed by atoms with Crippen molar-refractivity contribution in [3.63, 3.8) is 0 Å². The summed E-state index contributed by atoms with van der Waals surface area (Å²) >= 11 is 0. The first-order valence-electron chi connectivity index (χ1n) is 14.6. The van der Waals surface area contributed by atoms with E-state index in [9.17, 15) is 24.3 Å². The van der Waals surface area contributed by atoms with E-state index < -0.39 is 41.6 Å². The maximum atomic E-state index is 13.2. The Morgan fingerprint density at radius 3 is 2.52 bits per heavy atom. The number of ether oxygens (including phenoxy) is 2. The number of carboxylic acids is 1. The average molecular weight is 556 g/mol. The van der Waals surface area contributed by atoms with E-state index in [1.807, 2.05) is 26.8 Å². The monoisotopic (exact) mass is 555 g/mol. The summed E-state index contributed by atoms with van der Waals surface area (Å²) in [5, 5.41) is 14.9. The van der Waals surface area contributed by atoms with Crippen molar-refractivity contribution in [2.24, 2.45) is 17.8 Å². The summed E-state index contributed by atoms with van der Waals surface area (Å²) in [7, 11) is 2.15. The minimum atomic E-state index is -1.12. The average Bonchev–Trinajstić information content (AvgIpc) is 3.29. The Morgan fingerprint density at radius 1 is 1.15 bits per heavy atom. The second-order valence-corrected chi connectivity index (χ2v) is 12.2. The van der Waals surface area contributed by atoms with Gasteiger partial charge < -0.3 is 30.1 Å². The summed E-state index contributed by atoms with van der Waals surface area (Å²) in [6.45, 7) is 8.20. The largest absolute Gasteiger partial charge is 0.480 e. The van der Waals surface area contributed by atoms with Gasteiger partial charge in [-0.25, -0.2) is 9.59 Å². The maximum Gasteiger partial charge on any atom is 0.413 e. The van der Waals surface area contributed by atoms with Gasteiger partial charge in [-0.1, -0.05) is 46.6 Å². The molecule has 10 nitrogen and oxygen atoms in total. The van der Waals surface area contributed by atoms with E-state index in [0.717, 1.165) is 36.9 Å². The highest BCUT2D eigenvalue weighted by Gasteiger charge is 2.65. The minimum absolute atomic E-state index is 0.0989. The summed E-state index contributed by atoms with van der Waals surface area (Å²) in [5.41, 5.74) is 1.75. The quantitative estimate of drug-likeness (QED) is 0.423. The van der Waals surface area contributed by atoms with Gasteiger partial charge in [-0.3, -0.25) is 9.59 Å². The molecule has 10 heteroatoms. The van der Waals surface area contributed by atoms with Gasteiger partial charge in [-0.2, -0.15) is 0 Å². The SMILES string of the molecule is CCC(C)C(NC(=O)[C@H](NC(=O)Oc1ccc2c3c1O[C@H]1C(=O)CCC4C(C2)N(C)CCC341)C(C)CC)C(=O)O. The molecule has 2 amide bonds. The molecular weight excluding hydrogens is 514 g/mol. The Labute approximate surface area is 235 Å². The van der Waals surface area contributed by atoms with Gasteiger partial charge in [-0.05, 0) is 62.2 Å². The van der Waals surface area contributed by atoms with Crippen LogP contribution in [0.4, 0.5) is 4.79 Å². The van der Waals surface area contributed by atoms with Crippen LogP contribution in [0, 0.1) is 17.8 Å². The van der Waals surface area contributed by atoms with Crippen LogP contribution in [0.15, 0.2) is 12.1 Å². The van der Waals surface area contributed by atoms with Crippen molar-refractivity contribution in [2.75, 3.05) is 13.6 Å². The summed E-state index contributed by atoms with van der Waals surface area (Å²) in [5.74, 6) is -1.14. The number of benzene rings is 1. The molecule has 1 saturated heterocycles. The first-order chi connectivity index (χ1) is 19.0.